The van der Waals surface area contributed by atoms with Crippen LogP contribution < -0.4 is 5.32 Å². The van der Waals surface area contributed by atoms with Gasteiger partial charge in [0.25, 0.3) is 0 Å². The molecule has 0 amide bonds. The van der Waals surface area contributed by atoms with Gasteiger partial charge in [-0.2, -0.15) is 0 Å². The molecule has 0 aliphatic carbocycles. The number of rotatable bonds is 6. The Labute approximate surface area is 115 Å². The molecule has 0 saturated heterocycles. The van der Waals surface area contributed by atoms with Crippen molar-refractivity contribution in [2.24, 2.45) is 0 Å². The van der Waals surface area contributed by atoms with E-state index >= 15 is 0 Å². The van der Waals surface area contributed by atoms with Crippen LogP contribution in [0.25, 0.3) is 10.9 Å². The van der Waals surface area contributed by atoms with E-state index in [-0.39, 0.29) is 12.1 Å². The van der Waals surface area contributed by atoms with Crippen LogP contribution in [-0.2, 0) is 4.74 Å². The number of hydrogen-bond acceptors (Lipinski definition) is 3. The molecule has 0 radical (unpaired) electrons. The standard InChI is InChI=1S/C16H22N2O/c1-4-9-18-16(12(2)19-3)14-8-7-13-6-5-10-17-15(13)11-14/h5-8,10-12,16,18H,4,9H2,1-3H3. The van der Waals surface area contributed by atoms with Gasteiger partial charge in [0.05, 0.1) is 17.7 Å². The summed E-state index contributed by atoms with van der Waals surface area (Å²) in [6, 6.07) is 10.7. The van der Waals surface area contributed by atoms with Gasteiger partial charge in [-0.05, 0) is 37.6 Å². The first kappa shape index (κ1) is 14.0. The summed E-state index contributed by atoms with van der Waals surface area (Å²) < 4.78 is 5.49. The monoisotopic (exact) mass is 258 g/mol. The van der Waals surface area contributed by atoms with Crippen LogP contribution in [0.5, 0.6) is 0 Å². The number of aromatic nitrogens is 1. The number of fused-ring (bicyclic) bond motifs is 1. The Morgan fingerprint density at radius 1 is 1.32 bits per heavy atom. The van der Waals surface area contributed by atoms with Gasteiger partial charge in [0.15, 0.2) is 0 Å². The number of methoxy groups -OCH3 is 1. The second-order valence-corrected chi connectivity index (χ2v) is 4.83. The normalized spacial score (nSPS) is 14.5. The zero-order chi connectivity index (χ0) is 13.7. The highest BCUT2D eigenvalue weighted by Gasteiger charge is 2.18. The molecule has 3 heteroatoms. The minimum absolute atomic E-state index is 0.132. The van der Waals surface area contributed by atoms with Gasteiger partial charge < -0.3 is 10.1 Å². The van der Waals surface area contributed by atoms with E-state index in [9.17, 15) is 0 Å². The van der Waals surface area contributed by atoms with Gasteiger partial charge in [-0.15, -0.1) is 0 Å². The Morgan fingerprint density at radius 2 is 2.16 bits per heavy atom. The molecular formula is C16H22N2O. The van der Waals surface area contributed by atoms with Gasteiger partial charge in [-0.25, -0.2) is 0 Å². The minimum atomic E-state index is 0.132. The third-order valence-electron chi connectivity index (χ3n) is 3.44. The van der Waals surface area contributed by atoms with Crippen molar-refractivity contribution >= 4 is 10.9 Å². The Kier molecular flexibility index (Phi) is 4.88. The highest BCUT2D eigenvalue weighted by Crippen LogP contribution is 2.22. The Morgan fingerprint density at radius 3 is 2.89 bits per heavy atom. The fourth-order valence-corrected chi connectivity index (χ4v) is 2.27. The fourth-order valence-electron chi connectivity index (χ4n) is 2.27. The number of benzene rings is 1. The van der Waals surface area contributed by atoms with Crippen molar-refractivity contribution in [3.8, 4) is 0 Å². The van der Waals surface area contributed by atoms with Crippen molar-refractivity contribution < 1.29 is 4.74 Å². The number of nitrogens with zero attached hydrogens (tertiary/aromatic N) is 1. The third-order valence-corrected chi connectivity index (χ3v) is 3.44. The molecule has 2 atom stereocenters. The van der Waals surface area contributed by atoms with Gasteiger partial charge in [-0.1, -0.05) is 25.1 Å². The SMILES string of the molecule is CCCNC(c1ccc2cccnc2c1)C(C)OC. The van der Waals surface area contributed by atoms with Crippen LogP contribution >= 0.6 is 0 Å². The summed E-state index contributed by atoms with van der Waals surface area (Å²) in [7, 11) is 1.75. The molecule has 102 valence electrons. The highest BCUT2D eigenvalue weighted by molar-refractivity contribution is 5.79. The van der Waals surface area contributed by atoms with Crippen LogP contribution in [0.15, 0.2) is 36.5 Å². The lowest BCUT2D eigenvalue weighted by molar-refractivity contribution is 0.0830. The van der Waals surface area contributed by atoms with Crippen LogP contribution in [0.1, 0.15) is 31.9 Å². The average Bonchev–Trinajstić information content (AvgIpc) is 2.47. The Bertz CT molecular complexity index is 527. The molecule has 0 aliphatic heterocycles. The molecule has 2 unspecified atom stereocenters. The summed E-state index contributed by atoms with van der Waals surface area (Å²) in [5.74, 6) is 0. The second kappa shape index (κ2) is 6.64. The van der Waals surface area contributed by atoms with E-state index in [1.54, 1.807) is 7.11 Å². The lowest BCUT2D eigenvalue weighted by atomic mass is 10.0. The van der Waals surface area contributed by atoms with Crippen LogP contribution in [0.2, 0.25) is 0 Å². The molecule has 0 bridgehead atoms. The molecule has 2 rings (SSSR count). The molecule has 2 aromatic rings. The Balaban J connectivity index is 2.32. The number of ether oxygens (including phenoxy) is 1. The number of hydrogen-bond donors (Lipinski definition) is 1. The molecule has 0 saturated carbocycles. The molecule has 0 aliphatic rings. The summed E-state index contributed by atoms with van der Waals surface area (Å²) in [4.78, 5) is 4.42. The van der Waals surface area contributed by atoms with Crippen molar-refractivity contribution in [1.82, 2.24) is 10.3 Å². The smallest absolute Gasteiger partial charge is 0.0737 e. The molecule has 3 nitrogen and oxygen atoms in total. The maximum atomic E-state index is 5.49. The van der Waals surface area contributed by atoms with Crippen molar-refractivity contribution in [3.63, 3.8) is 0 Å². The molecule has 1 N–H and O–H groups in total. The average molecular weight is 258 g/mol. The van der Waals surface area contributed by atoms with Crippen LogP contribution in [0, 0.1) is 0 Å². The second-order valence-electron chi connectivity index (χ2n) is 4.83. The molecular weight excluding hydrogens is 236 g/mol. The van der Waals surface area contributed by atoms with Gasteiger partial charge in [0, 0.05) is 18.7 Å². The Hall–Kier alpha value is -1.45. The maximum Gasteiger partial charge on any atom is 0.0737 e. The van der Waals surface area contributed by atoms with Crippen LogP contribution in [-0.4, -0.2) is 24.7 Å². The van der Waals surface area contributed by atoms with Gasteiger partial charge in [-0.3, -0.25) is 4.98 Å². The van der Waals surface area contributed by atoms with Crippen LogP contribution in [0.3, 0.4) is 0 Å². The van der Waals surface area contributed by atoms with Crippen molar-refractivity contribution in [3.05, 3.63) is 42.1 Å². The predicted octanol–water partition coefficient (Wildman–Crippen LogP) is 3.31. The van der Waals surface area contributed by atoms with E-state index in [0.717, 1.165) is 18.5 Å². The quantitative estimate of drug-likeness (QED) is 0.863. The summed E-state index contributed by atoms with van der Waals surface area (Å²) in [6.07, 6.45) is 3.08. The van der Waals surface area contributed by atoms with Gasteiger partial charge >= 0.3 is 0 Å². The molecule has 0 spiro atoms. The molecule has 19 heavy (non-hydrogen) atoms. The van der Waals surface area contributed by atoms with Crippen molar-refractivity contribution in [2.75, 3.05) is 13.7 Å². The van der Waals surface area contributed by atoms with E-state index in [0.29, 0.717) is 0 Å². The molecule has 0 fully saturated rings. The summed E-state index contributed by atoms with van der Waals surface area (Å²) >= 11 is 0. The van der Waals surface area contributed by atoms with Gasteiger partial charge in [0.2, 0.25) is 0 Å². The largest absolute Gasteiger partial charge is 0.380 e. The van der Waals surface area contributed by atoms with E-state index < -0.39 is 0 Å². The zero-order valence-electron chi connectivity index (χ0n) is 11.9. The molecule has 1 heterocycles. The number of pyridine rings is 1. The zero-order valence-corrected chi connectivity index (χ0v) is 11.9. The summed E-state index contributed by atoms with van der Waals surface area (Å²) in [5, 5.41) is 4.72. The van der Waals surface area contributed by atoms with Gasteiger partial charge in [0.1, 0.15) is 0 Å². The summed E-state index contributed by atoms with van der Waals surface area (Å²) in [6.45, 7) is 5.25. The fraction of sp³-hybridized carbons (Fsp3) is 0.438. The van der Waals surface area contributed by atoms with E-state index in [2.05, 4.69) is 48.4 Å². The lowest BCUT2D eigenvalue weighted by Gasteiger charge is -2.24. The lowest BCUT2D eigenvalue weighted by Crippen LogP contribution is -2.32. The minimum Gasteiger partial charge on any atom is -0.380 e. The van der Waals surface area contributed by atoms with E-state index in [1.807, 2.05) is 12.3 Å². The first-order chi connectivity index (χ1) is 9.26. The van der Waals surface area contributed by atoms with E-state index in [4.69, 9.17) is 4.74 Å². The molecule has 1 aromatic heterocycles. The van der Waals surface area contributed by atoms with E-state index in [1.165, 1.54) is 10.9 Å². The molecule has 1 aromatic carbocycles. The highest BCUT2D eigenvalue weighted by atomic mass is 16.5. The van der Waals surface area contributed by atoms with Crippen LogP contribution in [0.4, 0.5) is 0 Å². The first-order valence-electron chi connectivity index (χ1n) is 6.87. The maximum absolute atomic E-state index is 5.49. The summed E-state index contributed by atoms with van der Waals surface area (Å²) in [5.41, 5.74) is 2.26. The number of nitrogens with one attached hydrogen (secondary N) is 1. The van der Waals surface area contributed by atoms with Crippen molar-refractivity contribution in [1.29, 1.82) is 0 Å². The first-order valence-corrected chi connectivity index (χ1v) is 6.87. The predicted molar refractivity (Wildman–Crippen MR) is 79.2 cm³/mol. The third kappa shape index (κ3) is 3.31. The van der Waals surface area contributed by atoms with Crippen molar-refractivity contribution in [2.45, 2.75) is 32.4 Å². The topological polar surface area (TPSA) is 34.2 Å².